The third-order valence-corrected chi connectivity index (χ3v) is 5.44. The third kappa shape index (κ3) is 5.15. The highest BCUT2D eigenvalue weighted by Gasteiger charge is 2.14. The Bertz CT molecular complexity index is 1140. The zero-order valence-electron chi connectivity index (χ0n) is 16.7. The monoisotopic (exact) mass is 440 g/mol. The molecular formula is C21H20N4O5S. The zero-order chi connectivity index (χ0) is 21.6. The molecule has 2 aromatic heterocycles. The third-order valence-electron chi connectivity index (χ3n) is 4.53. The van der Waals surface area contributed by atoms with Gasteiger partial charge in [-0.3, -0.25) is 9.59 Å². The minimum absolute atomic E-state index is 0.0345. The number of nitrogens with one attached hydrogen (secondary N) is 1. The second-order valence-corrected chi connectivity index (χ2v) is 7.55. The first-order valence-electron chi connectivity index (χ1n) is 9.45. The quantitative estimate of drug-likeness (QED) is 0.419. The topological polar surface area (TPSA) is 105 Å². The second kappa shape index (κ2) is 9.52. The lowest BCUT2D eigenvalue weighted by molar-refractivity contribution is -0.121. The minimum atomic E-state index is -0.246. The Labute approximate surface area is 182 Å². The van der Waals surface area contributed by atoms with Gasteiger partial charge in [0.25, 0.3) is 0 Å². The molecule has 0 atom stereocenters. The fourth-order valence-electron chi connectivity index (χ4n) is 2.98. The number of hydrogen-bond donors (Lipinski definition) is 1. The molecule has 0 bridgehead atoms. The number of thioether (sulfide) groups is 1. The van der Waals surface area contributed by atoms with E-state index in [0.717, 1.165) is 5.56 Å². The van der Waals surface area contributed by atoms with Crippen molar-refractivity contribution in [1.82, 2.24) is 19.9 Å². The predicted molar refractivity (Wildman–Crippen MR) is 113 cm³/mol. The maximum atomic E-state index is 12.6. The van der Waals surface area contributed by atoms with Gasteiger partial charge < -0.3 is 24.1 Å². The summed E-state index contributed by atoms with van der Waals surface area (Å²) in [7, 11) is 1.42. The van der Waals surface area contributed by atoms with Gasteiger partial charge in [-0.1, -0.05) is 17.8 Å². The zero-order valence-corrected chi connectivity index (χ0v) is 17.6. The predicted octanol–water partition coefficient (Wildman–Crippen LogP) is 1.98. The van der Waals surface area contributed by atoms with Crippen LogP contribution in [0, 0.1) is 0 Å². The molecule has 1 aliphatic rings. The summed E-state index contributed by atoms with van der Waals surface area (Å²) in [4.78, 5) is 33.2. The molecular weight excluding hydrogens is 420 g/mol. The molecule has 0 saturated carbocycles. The van der Waals surface area contributed by atoms with Crippen LogP contribution in [0.4, 0.5) is 0 Å². The summed E-state index contributed by atoms with van der Waals surface area (Å²) in [5.74, 6) is 1.76. The van der Waals surface area contributed by atoms with Crippen LogP contribution in [0.3, 0.4) is 0 Å². The summed E-state index contributed by atoms with van der Waals surface area (Å²) in [6, 6.07) is 8.74. The molecule has 0 spiro atoms. The summed E-state index contributed by atoms with van der Waals surface area (Å²) in [5.41, 5.74) is 1.32. The molecule has 1 aliphatic heterocycles. The molecule has 0 fully saturated rings. The van der Waals surface area contributed by atoms with E-state index in [0.29, 0.717) is 34.6 Å². The molecule has 0 saturated heterocycles. The van der Waals surface area contributed by atoms with E-state index >= 15 is 0 Å². The van der Waals surface area contributed by atoms with Crippen LogP contribution >= 0.6 is 11.8 Å². The van der Waals surface area contributed by atoms with Gasteiger partial charge in [0, 0.05) is 36.5 Å². The number of amides is 1. The number of rotatable bonds is 8. The van der Waals surface area contributed by atoms with Crippen molar-refractivity contribution in [3.05, 3.63) is 70.4 Å². The number of aromatic nitrogens is 3. The Morgan fingerprint density at radius 2 is 2.03 bits per heavy atom. The first-order valence-corrected chi connectivity index (χ1v) is 10.4. The lowest BCUT2D eigenvalue weighted by Crippen LogP contribution is -2.28. The van der Waals surface area contributed by atoms with Gasteiger partial charge in [-0.2, -0.15) is 0 Å². The van der Waals surface area contributed by atoms with Gasteiger partial charge in [0.2, 0.25) is 18.1 Å². The summed E-state index contributed by atoms with van der Waals surface area (Å²) in [5, 5.41) is 3.47. The average molecular weight is 440 g/mol. The van der Waals surface area contributed by atoms with Gasteiger partial charge in [-0.25, -0.2) is 9.97 Å². The lowest BCUT2D eigenvalue weighted by Gasteiger charge is -2.14. The van der Waals surface area contributed by atoms with Crippen molar-refractivity contribution in [1.29, 1.82) is 0 Å². The van der Waals surface area contributed by atoms with E-state index in [2.05, 4.69) is 15.3 Å². The van der Waals surface area contributed by atoms with E-state index in [1.165, 1.54) is 24.9 Å². The van der Waals surface area contributed by atoms with E-state index in [1.807, 2.05) is 18.2 Å². The molecule has 4 rings (SSSR count). The van der Waals surface area contributed by atoms with E-state index in [4.69, 9.17) is 14.2 Å². The molecule has 0 unspecified atom stereocenters. The van der Waals surface area contributed by atoms with Crippen LogP contribution in [0.15, 0.2) is 58.9 Å². The summed E-state index contributed by atoms with van der Waals surface area (Å²) in [6.07, 6.45) is 4.85. The molecule has 31 heavy (non-hydrogen) atoms. The van der Waals surface area contributed by atoms with Crippen LogP contribution in [0.2, 0.25) is 0 Å². The van der Waals surface area contributed by atoms with E-state index in [9.17, 15) is 9.59 Å². The number of benzene rings is 1. The van der Waals surface area contributed by atoms with Crippen LogP contribution in [0.5, 0.6) is 17.2 Å². The van der Waals surface area contributed by atoms with Crippen LogP contribution in [-0.2, 0) is 23.6 Å². The highest BCUT2D eigenvalue weighted by atomic mass is 32.2. The second-order valence-electron chi connectivity index (χ2n) is 6.61. The van der Waals surface area contributed by atoms with Gasteiger partial charge in [0.05, 0.1) is 13.3 Å². The van der Waals surface area contributed by atoms with Gasteiger partial charge in [0.15, 0.2) is 22.4 Å². The van der Waals surface area contributed by atoms with Crippen molar-refractivity contribution < 1.29 is 19.0 Å². The number of pyridine rings is 1. The number of carbonyl (C=O) groups is 1. The normalized spacial score (nSPS) is 11.9. The van der Waals surface area contributed by atoms with Crippen LogP contribution < -0.4 is 25.0 Å². The van der Waals surface area contributed by atoms with E-state index < -0.39 is 0 Å². The number of carbonyl (C=O) groups excluding carboxylic acids is 1. The Kier molecular flexibility index (Phi) is 6.37. The van der Waals surface area contributed by atoms with Crippen molar-refractivity contribution in [2.45, 2.75) is 24.0 Å². The minimum Gasteiger partial charge on any atom is -0.491 e. The Morgan fingerprint density at radius 3 is 2.84 bits per heavy atom. The molecule has 0 radical (unpaired) electrons. The fraction of sp³-hybridized carbons (Fsp3) is 0.238. The highest BCUT2D eigenvalue weighted by Crippen LogP contribution is 2.32. The number of ether oxygens (including phenoxy) is 3. The van der Waals surface area contributed by atoms with Gasteiger partial charge in [0.1, 0.15) is 6.54 Å². The summed E-state index contributed by atoms with van der Waals surface area (Å²) in [6.45, 7) is 0.579. The van der Waals surface area contributed by atoms with Crippen LogP contribution in [0.25, 0.3) is 0 Å². The maximum Gasteiger partial charge on any atom is 0.240 e. The standard InChI is InChI=1S/C21H20N4O5S/c1-28-19-10-25(15(8-16(19)26)12-31-21-22-5-2-6-23-21)11-20(27)24-9-14-3-4-17-18(7-14)30-13-29-17/h2-8,10H,9,11-13H2,1H3,(H,24,27). The van der Waals surface area contributed by atoms with Gasteiger partial charge in [-0.05, 0) is 23.8 Å². The van der Waals surface area contributed by atoms with E-state index in [-0.39, 0.29) is 30.4 Å². The molecule has 3 heterocycles. The smallest absolute Gasteiger partial charge is 0.240 e. The average Bonchev–Trinajstić information content (AvgIpc) is 3.26. The molecule has 10 heteroatoms. The molecule has 1 N–H and O–H groups in total. The van der Waals surface area contributed by atoms with Crippen molar-refractivity contribution >= 4 is 17.7 Å². The molecule has 1 aromatic carbocycles. The SMILES string of the molecule is COc1cn(CC(=O)NCc2ccc3c(c2)OCO3)c(CSc2ncccn2)cc1=O. The highest BCUT2D eigenvalue weighted by molar-refractivity contribution is 7.98. The number of hydrogen-bond acceptors (Lipinski definition) is 8. The van der Waals surface area contributed by atoms with E-state index in [1.54, 1.807) is 29.2 Å². The van der Waals surface area contributed by atoms with Gasteiger partial charge >= 0.3 is 0 Å². The number of fused-ring (bicyclic) bond motifs is 1. The first-order chi connectivity index (χ1) is 15.1. The van der Waals surface area contributed by atoms with Crippen molar-refractivity contribution in [3.63, 3.8) is 0 Å². The summed E-state index contributed by atoms with van der Waals surface area (Å²) < 4.78 is 17.5. The van der Waals surface area contributed by atoms with Crippen molar-refractivity contribution in [3.8, 4) is 17.2 Å². The summed E-state index contributed by atoms with van der Waals surface area (Å²) >= 11 is 1.38. The van der Waals surface area contributed by atoms with Crippen molar-refractivity contribution in [2.24, 2.45) is 0 Å². The largest absolute Gasteiger partial charge is 0.491 e. The van der Waals surface area contributed by atoms with Gasteiger partial charge in [-0.15, -0.1) is 0 Å². The number of methoxy groups -OCH3 is 1. The Hall–Kier alpha value is -3.53. The molecule has 1 amide bonds. The molecule has 3 aromatic rings. The number of nitrogens with zero attached hydrogens (tertiary/aromatic N) is 3. The van der Waals surface area contributed by atoms with Crippen LogP contribution in [0.1, 0.15) is 11.3 Å². The Balaban J connectivity index is 1.44. The maximum absolute atomic E-state index is 12.6. The molecule has 0 aliphatic carbocycles. The first kappa shape index (κ1) is 20.7. The molecule has 160 valence electrons. The fourth-order valence-corrected chi connectivity index (χ4v) is 3.78. The Morgan fingerprint density at radius 1 is 1.23 bits per heavy atom. The van der Waals surface area contributed by atoms with Crippen LogP contribution in [-0.4, -0.2) is 34.3 Å². The molecule has 9 nitrogen and oxygen atoms in total. The van der Waals surface area contributed by atoms with Crippen molar-refractivity contribution in [2.75, 3.05) is 13.9 Å². The lowest BCUT2D eigenvalue weighted by atomic mass is 10.2.